The van der Waals surface area contributed by atoms with Gasteiger partial charge in [-0.15, -0.1) is 0 Å². The van der Waals surface area contributed by atoms with Gasteiger partial charge < -0.3 is 9.88 Å². The second kappa shape index (κ2) is 6.55. The van der Waals surface area contributed by atoms with Gasteiger partial charge in [0.15, 0.2) is 5.78 Å². The summed E-state index contributed by atoms with van der Waals surface area (Å²) >= 11 is 0. The summed E-state index contributed by atoms with van der Waals surface area (Å²) in [6.07, 6.45) is 3.84. The standard InChI is InChI=1S/C21H20N2O2/c24-20(13-16-14-22-18-10-5-4-9-17(16)18)23-12-6-11-19(23)21(25)15-7-2-1-3-8-15/h1-5,7-10,14,19,22H,6,11-13H2. The first-order valence-electron chi connectivity index (χ1n) is 8.68. The molecule has 1 N–H and O–H groups in total. The van der Waals surface area contributed by atoms with Crippen molar-refractivity contribution < 1.29 is 9.59 Å². The van der Waals surface area contributed by atoms with Gasteiger partial charge in [-0.2, -0.15) is 0 Å². The number of Topliss-reactive ketones (excluding diaryl/α,β-unsaturated/α-hetero) is 1. The van der Waals surface area contributed by atoms with Crippen molar-refractivity contribution in [3.05, 3.63) is 71.9 Å². The highest BCUT2D eigenvalue weighted by atomic mass is 16.2. The molecule has 1 aliphatic heterocycles. The molecule has 1 unspecified atom stereocenters. The fourth-order valence-electron chi connectivity index (χ4n) is 3.67. The number of nitrogens with zero attached hydrogens (tertiary/aromatic N) is 1. The monoisotopic (exact) mass is 332 g/mol. The lowest BCUT2D eigenvalue weighted by Crippen LogP contribution is -2.41. The molecule has 0 aliphatic carbocycles. The van der Waals surface area contributed by atoms with E-state index < -0.39 is 0 Å². The minimum atomic E-state index is -0.333. The molecular formula is C21H20N2O2. The second-order valence-electron chi connectivity index (χ2n) is 6.51. The van der Waals surface area contributed by atoms with Crippen molar-refractivity contribution in [1.82, 2.24) is 9.88 Å². The Morgan fingerprint density at radius 3 is 2.64 bits per heavy atom. The van der Waals surface area contributed by atoms with Crippen LogP contribution in [-0.4, -0.2) is 34.2 Å². The molecule has 2 aromatic carbocycles. The van der Waals surface area contributed by atoms with Gasteiger partial charge in [0.2, 0.25) is 5.91 Å². The van der Waals surface area contributed by atoms with E-state index in [0.717, 1.165) is 29.3 Å². The number of aromatic nitrogens is 1. The zero-order valence-corrected chi connectivity index (χ0v) is 13.9. The van der Waals surface area contributed by atoms with Crippen LogP contribution in [0.2, 0.25) is 0 Å². The van der Waals surface area contributed by atoms with Gasteiger partial charge in [0.1, 0.15) is 0 Å². The fourth-order valence-corrected chi connectivity index (χ4v) is 3.67. The third kappa shape index (κ3) is 2.95. The number of hydrogen-bond acceptors (Lipinski definition) is 2. The highest BCUT2D eigenvalue weighted by Crippen LogP contribution is 2.24. The number of nitrogens with one attached hydrogen (secondary N) is 1. The molecule has 1 saturated heterocycles. The van der Waals surface area contributed by atoms with E-state index in [1.807, 2.05) is 60.8 Å². The Kier molecular flexibility index (Phi) is 4.10. The molecule has 3 aromatic rings. The molecule has 0 saturated carbocycles. The Morgan fingerprint density at radius 2 is 1.80 bits per heavy atom. The predicted octanol–water partition coefficient (Wildman–Crippen LogP) is 3.58. The van der Waals surface area contributed by atoms with Gasteiger partial charge in [0, 0.05) is 29.2 Å². The molecule has 1 amide bonds. The van der Waals surface area contributed by atoms with E-state index in [-0.39, 0.29) is 17.7 Å². The molecule has 4 nitrogen and oxygen atoms in total. The molecule has 1 aliphatic rings. The van der Waals surface area contributed by atoms with E-state index in [1.165, 1.54) is 0 Å². The lowest BCUT2D eigenvalue weighted by Gasteiger charge is -2.23. The summed E-state index contributed by atoms with van der Waals surface area (Å²) in [6, 6.07) is 16.9. The Bertz CT molecular complexity index is 914. The number of benzene rings is 2. The van der Waals surface area contributed by atoms with Gasteiger partial charge >= 0.3 is 0 Å². The molecule has 0 bridgehead atoms. The van der Waals surface area contributed by atoms with Gasteiger partial charge in [-0.05, 0) is 24.5 Å². The third-order valence-corrected chi connectivity index (χ3v) is 4.95. The number of ketones is 1. The van der Waals surface area contributed by atoms with Crippen LogP contribution in [0.1, 0.15) is 28.8 Å². The highest BCUT2D eigenvalue weighted by Gasteiger charge is 2.34. The molecule has 0 radical (unpaired) electrons. The van der Waals surface area contributed by atoms with Crippen molar-refractivity contribution in [3.8, 4) is 0 Å². The molecule has 25 heavy (non-hydrogen) atoms. The van der Waals surface area contributed by atoms with Crippen LogP contribution in [0.25, 0.3) is 10.9 Å². The number of para-hydroxylation sites is 1. The highest BCUT2D eigenvalue weighted by molar-refractivity contribution is 6.02. The number of carbonyl (C=O) groups is 2. The largest absolute Gasteiger partial charge is 0.361 e. The summed E-state index contributed by atoms with van der Waals surface area (Å²) in [5.41, 5.74) is 2.70. The minimum absolute atomic E-state index is 0.0246. The number of rotatable bonds is 4. The first-order valence-corrected chi connectivity index (χ1v) is 8.68. The normalized spacial score (nSPS) is 17.1. The van der Waals surface area contributed by atoms with Crippen molar-refractivity contribution >= 4 is 22.6 Å². The molecule has 4 rings (SSSR count). The first kappa shape index (κ1) is 15.6. The maximum atomic E-state index is 12.9. The quantitative estimate of drug-likeness (QED) is 0.742. The number of carbonyl (C=O) groups excluding carboxylic acids is 2. The summed E-state index contributed by atoms with van der Waals surface area (Å²) < 4.78 is 0. The van der Waals surface area contributed by atoms with Gasteiger partial charge in [-0.3, -0.25) is 9.59 Å². The van der Waals surface area contributed by atoms with Crippen molar-refractivity contribution in [2.24, 2.45) is 0 Å². The maximum absolute atomic E-state index is 12.9. The average molecular weight is 332 g/mol. The Hall–Kier alpha value is -2.88. The predicted molar refractivity (Wildman–Crippen MR) is 97.5 cm³/mol. The van der Waals surface area contributed by atoms with E-state index in [1.54, 1.807) is 4.90 Å². The van der Waals surface area contributed by atoms with Crippen LogP contribution >= 0.6 is 0 Å². The number of H-pyrrole nitrogens is 1. The van der Waals surface area contributed by atoms with Crippen LogP contribution in [0.15, 0.2) is 60.8 Å². The van der Waals surface area contributed by atoms with Gasteiger partial charge in [0.05, 0.1) is 12.5 Å². The molecule has 1 atom stereocenters. The van der Waals surface area contributed by atoms with Crippen molar-refractivity contribution in [3.63, 3.8) is 0 Å². The van der Waals surface area contributed by atoms with E-state index in [9.17, 15) is 9.59 Å². The maximum Gasteiger partial charge on any atom is 0.227 e. The first-order chi connectivity index (χ1) is 12.2. The third-order valence-electron chi connectivity index (χ3n) is 4.95. The lowest BCUT2D eigenvalue weighted by atomic mass is 10.0. The summed E-state index contributed by atoms with van der Waals surface area (Å²) in [5.74, 6) is 0.0712. The van der Waals surface area contributed by atoms with Crippen molar-refractivity contribution in [2.45, 2.75) is 25.3 Å². The fraction of sp³-hybridized carbons (Fsp3) is 0.238. The summed E-state index contributed by atoms with van der Waals surface area (Å²) in [4.78, 5) is 30.6. The van der Waals surface area contributed by atoms with Crippen LogP contribution in [0.3, 0.4) is 0 Å². The van der Waals surface area contributed by atoms with Gasteiger partial charge in [0.25, 0.3) is 0 Å². The number of hydrogen-bond donors (Lipinski definition) is 1. The number of aromatic amines is 1. The molecular weight excluding hydrogens is 312 g/mol. The summed E-state index contributed by atoms with van der Waals surface area (Å²) in [5, 5.41) is 1.07. The Morgan fingerprint density at radius 1 is 1.04 bits per heavy atom. The van der Waals surface area contributed by atoms with Crippen LogP contribution < -0.4 is 0 Å². The second-order valence-corrected chi connectivity index (χ2v) is 6.51. The molecule has 126 valence electrons. The van der Waals surface area contributed by atoms with Crippen LogP contribution in [0.5, 0.6) is 0 Å². The lowest BCUT2D eigenvalue weighted by molar-refractivity contribution is -0.130. The zero-order chi connectivity index (χ0) is 17.2. The van der Waals surface area contributed by atoms with Crippen LogP contribution in [-0.2, 0) is 11.2 Å². The van der Waals surface area contributed by atoms with Gasteiger partial charge in [-0.1, -0.05) is 48.5 Å². The molecule has 2 heterocycles. The average Bonchev–Trinajstić information content (AvgIpc) is 3.29. The number of amides is 1. The van der Waals surface area contributed by atoms with E-state index in [4.69, 9.17) is 0 Å². The summed E-state index contributed by atoms with van der Waals surface area (Å²) in [6.45, 7) is 0.657. The van der Waals surface area contributed by atoms with Crippen molar-refractivity contribution in [1.29, 1.82) is 0 Å². The number of fused-ring (bicyclic) bond motifs is 1. The zero-order valence-electron chi connectivity index (χ0n) is 13.9. The van der Waals surface area contributed by atoms with E-state index in [2.05, 4.69) is 4.98 Å². The molecule has 1 aromatic heterocycles. The number of likely N-dealkylation sites (tertiary alicyclic amines) is 1. The van der Waals surface area contributed by atoms with E-state index in [0.29, 0.717) is 18.5 Å². The van der Waals surface area contributed by atoms with Crippen LogP contribution in [0.4, 0.5) is 0 Å². The van der Waals surface area contributed by atoms with E-state index >= 15 is 0 Å². The SMILES string of the molecule is O=C(c1ccccc1)C1CCCN1C(=O)Cc1c[nH]c2ccccc12. The minimum Gasteiger partial charge on any atom is -0.361 e. The van der Waals surface area contributed by atoms with Crippen molar-refractivity contribution in [2.75, 3.05) is 6.54 Å². The molecule has 4 heteroatoms. The Balaban J connectivity index is 1.54. The molecule has 1 fully saturated rings. The van der Waals surface area contributed by atoms with Gasteiger partial charge in [-0.25, -0.2) is 0 Å². The Labute approximate surface area is 146 Å². The topological polar surface area (TPSA) is 53.2 Å². The smallest absolute Gasteiger partial charge is 0.227 e. The van der Waals surface area contributed by atoms with Crippen LogP contribution in [0, 0.1) is 0 Å². The summed E-state index contributed by atoms with van der Waals surface area (Å²) in [7, 11) is 0. The molecule has 0 spiro atoms.